The van der Waals surface area contributed by atoms with E-state index in [-0.39, 0.29) is 16.7 Å². The van der Waals surface area contributed by atoms with Crippen molar-refractivity contribution in [2.45, 2.75) is 84.7 Å². The van der Waals surface area contributed by atoms with E-state index in [0.29, 0.717) is 23.7 Å². The lowest BCUT2D eigenvalue weighted by Gasteiger charge is -2.65. The van der Waals surface area contributed by atoms with Gasteiger partial charge in [0.05, 0.1) is 17.0 Å². The van der Waals surface area contributed by atoms with Gasteiger partial charge in [-0.05, 0) is 99.7 Å². The average molecular weight is 377 g/mol. The highest BCUT2D eigenvalue weighted by molar-refractivity contribution is 5.85. The second kappa shape index (κ2) is 6.20. The molecule has 5 heteroatoms. The Balaban J connectivity index is 1.71. The molecule has 0 aliphatic heterocycles. The van der Waals surface area contributed by atoms with Crippen LogP contribution in [-0.2, 0) is 0 Å². The highest BCUT2D eigenvalue weighted by Crippen LogP contribution is 2.69. The summed E-state index contributed by atoms with van der Waals surface area (Å²) in [7, 11) is 0. The van der Waals surface area contributed by atoms with E-state index in [2.05, 4.69) is 31.1 Å². The molecule has 0 saturated heterocycles. The van der Waals surface area contributed by atoms with Crippen LogP contribution in [0, 0.1) is 40.4 Å². The molecule has 4 aliphatic carbocycles. The van der Waals surface area contributed by atoms with E-state index in [1.54, 1.807) is 0 Å². The number of fused-ring (bicyclic) bond motifs is 5. The van der Waals surface area contributed by atoms with Crippen molar-refractivity contribution >= 4 is 11.4 Å². The first-order valence-electron chi connectivity index (χ1n) is 10.8. The molecule has 3 N–H and O–H groups in total. The van der Waals surface area contributed by atoms with Gasteiger partial charge in [0.1, 0.15) is 0 Å². The SMILES string of the molecule is C/C(=N/O)[C@H]1CC[C@H]2[C@@H]3CC[C@@H]4C/C(=N\O)CC[C@]4(C)[C@H]3[C@@](C)(O)C[C@]12C. The Morgan fingerprint density at radius 2 is 1.78 bits per heavy atom. The fraction of sp³-hybridized carbons (Fsp3) is 0.909. The molecule has 4 rings (SSSR count). The predicted molar refractivity (Wildman–Crippen MR) is 105 cm³/mol. The van der Waals surface area contributed by atoms with Crippen molar-refractivity contribution < 1.29 is 15.5 Å². The van der Waals surface area contributed by atoms with Gasteiger partial charge in [-0.2, -0.15) is 0 Å². The zero-order chi connectivity index (χ0) is 19.6. The number of oxime groups is 2. The maximum absolute atomic E-state index is 11.8. The largest absolute Gasteiger partial charge is 0.411 e. The minimum absolute atomic E-state index is 0.0105. The van der Waals surface area contributed by atoms with Crippen LogP contribution in [0.5, 0.6) is 0 Å². The van der Waals surface area contributed by atoms with Gasteiger partial charge in [-0.25, -0.2) is 0 Å². The molecule has 4 aliphatic rings. The van der Waals surface area contributed by atoms with Crippen molar-refractivity contribution in [3.8, 4) is 0 Å². The molecule has 0 aromatic carbocycles. The number of aliphatic hydroxyl groups is 1. The van der Waals surface area contributed by atoms with Crippen molar-refractivity contribution in [1.82, 2.24) is 0 Å². The minimum atomic E-state index is -0.713. The van der Waals surface area contributed by atoms with E-state index >= 15 is 0 Å². The van der Waals surface area contributed by atoms with Gasteiger partial charge in [0.2, 0.25) is 0 Å². The molecule has 0 spiro atoms. The number of rotatable bonds is 1. The van der Waals surface area contributed by atoms with Crippen LogP contribution in [-0.4, -0.2) is 32.5 Å². The lowest BCUT2D eigenvalue weighted by Crippen LogP contribution is -2.63. The molecule has 0 heterocycles. The molecule has 4 saturated carbocycles. The standard InChI is InChI=1S/C22H36N2O3/c1-13(23-26)17-7-8-18-16-6-5-14-11-15(24-27)9-10-20(14,2)19(16)22(4,25)12-21(17,18)3/h14,16-19,25-27H,5-12H2,1-4H3/b23-13-,24-15-/t14-,16+,17-,18+,19+,20+,21-,22+/m1/s1. The van der Waals surface area contributed by atoms with Crippen molar-refractivity contribution in [3.05, 3.63) is 0 Å². The van der Waals surface area contributed by atoms with Gasteiger partial charge in [-0.3, -0.25) is 0 Å². The molecule has 5 nitrogen and oxygen atoms in total. The molecular weight excluding hydrogens is 340 g/mol. The van der Waals surface area contributed by atoms with Crippen LogP contribution in [0.1, 0.15) is 79.1 Å². The quantitative estimate of drug-likeness (QED) is 0.353. The highest BCUT2D eigenvalue weighted by Gasteiger charge is 2.66. The van der Waals surface area contributed by atoms with Gasteiger partial charge in [-0.15, -0.1) is 0 Å². The third kappa shape index (κ3) is 2.60. The molecule has 8 atom stereocenters. The van der Waals surface area contributed by atoms with Crippen molar-refractivity contribution in [2.24, 2.45) is 50.7 Å². The summed E-state index contributed by atoms with van der Waals surface area (Å²) in [5.74, 6) is 2.20. The molecule has 27 heavy (non-hydrogen) atoms. The van der Waals surface area contributed by atoms with E-state index in [1.807, 2.05) is 6.92 Å². The lowest BCUT2D eigenvalue weighted by molar-refractivity contribution is -0.206. The first-order valence-corrected chi connectivity index (χ1v) is 10.8. The van der Waals surface area contributed by atoms with Crippen molar-refractivity contribution in [2.75, 3.05) is 0 Å². The lowest BCUT2D eigenvalue weighted by atomic mass is 9.41. The number of nitrogens with zero attached hydrogens (tertiary/aromatic N) is 2. The molecular formula is C22H36N2O3. The maximum atomic E-state index is 11.8. The van der Waals surface area contributed by atoms with Crippen molar-refractivity contribution in [3.63, 3.8) is 0 Å². The van der Waals surface area contributed by atoms with Gasteiger partial charge >= 0.3 is 0 Å². The van der Waals surface area contributed by atoms with E-state index in [4.69, 9.17) is 0 Å². The van der Waals surface area contributed by atoms with Gasteiger partial charge in [0.25, 0.3) is 0 Å². The summed E-state index contributed by atoms with van der Waals surface area (Å²) in [6, 6.07) is 0. The molecule has 4 fully saturated rings. The van der Waals surface area contributed by atoms with Crippen LogP contribution in [0.2, 0.25) is 0 Å². The van der Waals surface area contributed by atoms with Crippen LogP contribution >= 0.6 is 0 Å². The third-order valence-electron chi connectivity index (χ3n) is 9.49. The van der Waals surface area contributed by atoms with Crippen LogP contribution in [0.4, 0.5) is 0 Å². The Hall–Kier alpha value is -1.10. The number of hydrogen-bond acceptors (Lipinski definition) is 5. The maximum Gasteiger partial charge on any atom is 0.0661 e. The van der Waals surface area contributed by atoms with Crippen LogP contribution in [0.15, 0.2) is 10.3 Å². The predicted octanol–water partition coefficient (Wildman–Crippen LogP) is 4.69. The number of hydrogen-bond donors (Lipinski definition) is 3. The zero-order valence-electron chi connectivity index (χ0n) is 17.3. The monoisotopic (exact) mass is 376 g/mol. The molecule has 0 aromatic rings. The smallest absolute Gasteiger partial charge is 0.0661 e. The topological polar surface area (TPSA) is 85.4 Å². The first-order chi connectivity index (χ1) is 12.7. The summed E-state index contributed by atoms with van der Waals surface area (Å²) >= 11 is 0. The van der Waals surface area contributed by atoms with Gasteiger partial charge in [-0.1, -0.05) is 24.2 Å². The van der Waals surface area contributed by atoms with E-state index in [1.165, 1.54) is 6.42 Å². The van der Waals surface area contributed by atoms with Gasteiger partial charge < -0.3 is 15.5 Å². The summed E-state index contributed by atoms with van der Waals surface area (Å²) in [6.07, 6.45) is 8.09. The Morgan fingerprint density at radius 1 is 1.04 bits per heavy atom. The minimum Gasteiger partial charge on any atom is -0.411 e. The van der Waals surface area contributed by atoms with E-state index in [0.717, 1.165) is 56.4 Å². The average Bonchev–Trinajstić information content (AvgIpc) is 2.95. The summed E-state index contributed by atoms with van der Waals surface area (Å²) in [5, 5.41) is 37.6. The zero-order valence-corrected chi connectivity index (χ0v) is 17.3. The molecule has 0 radical (unpaired) electrons. The normalized spacial score (nSPS) is 54.3. The summed E-state index contributed by atoms with van der Waals surface area (Å²) < 4.78 is 0. The second-order valence-corrected chi connectivity index (χ2v) is 10.8. The Morgan fingerprint density at radius 3 is 2.44 bits per heavy atom. The molecule has 0 aromatic heterocycles. The van der Waals surface area contributed by atoms with Crippen LogP contribution in [0.25, 0.3) is 0 Å². The summed E-state index contributed by atoms with van der Waals surface area (Å²) in [4.78, 5) is 0. The van der Waals surface area contributed by atoms with Gasteiger partial charge in [0.15, 0.2) is 0 Å². The Labute approximate surface area is 162 Å². The highest BCUT2D eigenvalue weighted by atomic mass is 16.4. The summed E-state index contributed by atoms with van der Waals surface area (Å²) in [6.45, 7) is 8.73. The molecule has 0 unspecified atom stereocenters. The van der Waals surface area contributed by atoms with Crippen molar-refractivity contribution in [1.29, 1.82) is 0 Å². The third-order valence-corrected chi connectivity index (χ3v) is 9.49. The van der Waals surface area contributed by atoms with E-state index < -0.39 is 5.60 Å². The fourth-order valence-corrected chi connectivity index (χ4v) is 8.68. The van der Waals surface area contributed by atoms with Crippen LogP contribution in [0.3, 0.4) is 0 Å². The molecule has 0 amide bonds. The first kappa shape index (κ1) is 19.2. The van der Waals surface area contributed by atoms with E-state index in [9.17, 15) is 15.5 Å². The van der Waals surface area contributed by atoms with Crippen LogP contribution < -0.4 is 0 Å². The fourth-order valence-electron chi connectivity index (χ4n) is 8.68. The second-order valence-electron chi connectivity index (χ2n) is 10.8. The Bertz CT molecular complexity index is 672. The Kier molecular flexibility index (Phi) is 4.41. The molecule has 152 valence electrons. The molecule has 0 bridgehead atoms. The van der Waals surface area contributed by atoms with Gasteiger partial charge in [0, 0.05) is 5.92 Å². The summed E-state index contributed by atoms with van der Waals surface area (Å²) in [5.41, 5.74) is 1.18.